The fourth-order valence-electron chi connectivity index (χ4n) is 5.45. The molecule has 4 atom stereocenters. The number of nitrogens with two attached hydrogens (primary N) is 1. The lowest BCUT2D eigenvalue weighted by Crippen LogP contribution is -2.52. The Kier molecular flexibility index (Phi) is 4.75. The first-order valence-corrected chi connectivity index (χ1v) is 10.4. The van der Waals surface area contributed by atoms with E-state index in [9.17, 15) is 9.90 Å². The van der Waals surface area contributed by atoms with Gasteiger partial charge in [-0.15, -0.1) is 0 Å². The van der Waals surface area contributed by atoms with Crippen LogP contribution in [0.25, 0.3) is 0 Å². The van der Waals surface area contributed by atoms with Gasteiger partial charge in [0, 0.05) is 30.7 Å². The van der Waals surface area contributed by atoms with Crippen LogP contribution in [0, 0.1) is 11.8 Å². The number of hydrogen-bond donors (Lipinski definition) is 3. The average Bonchev–Trinajstić information content (AvgIpc) is 3.29. The summed E-state index contributed by atoms with van der Waals surface area (Å²) in [6.45, 7) is 7.18. The van der Waals surface area contributed by atoms with Crippen LogP contribution in [0.3, 0.4) is 0 Å². The normalized spacial score (nSPS) is 29.3. The number of hydrogen-bond acceptors (Lipinski definition) is 6. The Morgan fingerprint density at radius 3 is 2.68 bits per heavy atom. The van der Waals surface area contributed by atoms with E-state index in [2.05, 4.69) is 20.2 Å². The third-order valence-electron chi connectivity index (χ3n) is 6.58. The number of anilines is 3. The quantitative estimate of drug-likeness (QED) is 0.727. The number of nitrogens with one attached hydrogen (secondary N) is 1. The van der Waals surface area contributed by atoms with Gasteiger partial charge in [0.15, 0.2) is 0 Å². The molecule has 0 spiro atoms. The lowest BCUT2D eigenvalue weighted by Gasteiger charge is -2.38. The molecule has 0 radical (unpaired) electrons. The highest BCUT2D eigenvalue weighted by atomic mass is 16.4. The SMILES string of the molecule is CC(C)(C)N(C(=O)O)[C@@H]1CCN(c2cc(N[C@H]3C[C@H]4CC[C@@H]3C4)nc(N)n2)C1. The molecule has 2 saturated carbocycles. The minimum Gasteiger partial charge on any atom is -0.465 e. The van der Waals surface area contributed by atoms with Crippen LogP contribution in [-0.4, -0.2) is 56.8 Å². The van der Waals surface area contributed by atoms with Crippen molar-refractivity contribution in [3.05, 3.63) is 6.07 Å². The largest absolute Gasteiger partial charge is 0.465 e. The molecule has 0 aromatic carbocycles. The van der Waals surface area contributed by atoms with Crippen LogP contribution in [0.15, 0.2) is 6.07 Å². The average molecular weight is 389 g/mol. The van der Waals surface area contributed by atoms with E-state index in [4.69, 9.17) is 5.73 Å². The summed E-state index contributed by atoms with van der Waals surface area (Å²) in [7, 11) is 0. The Bertz CT molecular complexity index is 749. The lowest BCUT2D eigenvalue weighted by atomic mass is 9.95. The number of nitrogens with zero attached hydrogens (tertiary/aromatic N) is 4. The molecule has 1 aliphatic heterocycles. The number of carboxylic acid groups (broad SMARTS) is 1. The number of amides is 1. The maximum atomic E-state index is 11.8. The second-order valence-corrected chi connectivity index (χ2v) is 9.61. The molecule has 3 aliphatic rings. The predicted octanol–water partition coefficient (Wildman–Crippen LogP) is 3.02. The number of nitrogen functional groups attached to an aromatic ring is 1. The van der Waals surface area contributed by atoms with Gasteiger partial charge in [0.1, 0.15) is 11.6 Å². The zero-order valence-corrected chi connectivity index (χ0v) is 17.1. The maximum Gasteiger partial charge on any atom is 0.408 e. The molecule has 4 N–H and O–H groups in total. The van der Waals surface area contributed by atoms with Gasteiger partial charge in [-0.3, -0.25) is 4.90 Å². The third kappa shape index (κ3) is 3.69. The van der Waals surface area contributed by atoms with E-state index in [1.54, 1.807) is 4.90 Å². The highest BCUT2D eigenvalue weighted by Gasteiger charge is 2.40. The van der Waals surface area contributed by atoms with Gasteiger partial charge in [-0.2, -0.15) is 9.97 Å². The van der Waals surface area contributed by atoms with Crippen molar-refractivity contribution >= 4 is 23.7 Å². The summed E-state index contributed by atoms with van der Waals surface area (Å²) in [5.41, 5.74) is 5.56. The van der Waals surface area contributed by atoms with Crippen LogP contribution in [0.2, 0.25) is 0 Å². The Labute approximate surface area is 166 Å². The van der Waals surface area contributed by atoms with E-state index in [0.717, 1.165) is 36.4 Å². The summed E-state index contributed by atoms with van der Waals surface area (Å²) >= 11 is 0. The fourth-order valence-corrected chi connectivity index (χ4v) is 5.45. The maximum absolute atomic E-state index is 11.8. The molecule has 2 bridgehead atoms. The zero-order valence-electron chi connectivity index (χ0n) is 17.1. The van der Waals surface area contributed by atoms with Crippen molar-refractivity contribution in [1.82, 2.24) is 14.9 Å². The highest BCUT2D eigenvalue weighted by molar-refractivity contribution is 5.67. The van der Waals surface area contributed by atoms with E-state index in [1.807, 2.05) is 26.8 Å². The molecule has 154 valence electrons. The van der Waals surface area contributed by atoms with E-state index in [0.29, 0.717) is 12.6 Å². The van der Waals surface area contributed by atoms with Crippen LogP contribution in [-0.2, 0) is 0 Å². The lowest BCUT2D eigenvalue weighted by molar-refractivity contribution is 0.0763. The Balaban J connectivity index is 1.47. The van der Waals surface area contributed by atoms with Gasteiger partial charge in [-0.05, 0) is 58.3 Å². The second-order valence-electron chi connectivity index (χ2n) is 9.61. The zero-order chi connectivity index (χ0) is 20.1. The molecule has 1 saturated heterocycles. The molecule has 2 heterocycles. The molecule has 1 aromatic rings. The van der Waals surface area contributed by atoms with Crippen LogP contribution in [0.5, 0.6) is 0 Å². The first kappa shape index (κ1) is 19.1. The van der Waals surface area contributed by atoms with Gasteiger partial charge in [-0.25, -0.2) is 4.79 Å². The van der Waals surface area contributed by atoms with Crippen molar-refractivity contribution in [2.45, 2.75) is 70.5 Å². The fraction of sp³-hybridized carbons (Fsp3) is 0.750. The second kappa shape index (κ2) is 6.97. The molecule has 4 rings (SSSR count). The Morgan fingerprint density at radius 2 is 2.07 bits per heavy atom. The molecule has 2 aliphatic carbocycles. The molecule has 28 heavy (non-hydrogen) atoms. The van der Waals surface area contributed by atoms with Gasteiger partial charge in [0.25, 0.3) is 0 Å². The van der Waals surface area contributed by atoms with Crippen molar-refractivity contribution in [3.63, 3.8) is 0 Å². The standard InChI is InChI=1S/C20H32N6O2/c1-20(2,3)26(19(27)28)14-6-7-25(11-14)17-10-16(23-18(21)24-17)22-15-9-12-4-5-13(15)8-12/h10,12-15H,4-9,11H2,1-3H3,(H,27,28)(H3,21,22,23,24)/t12-,13+,14+,15-/m0/s1. The van der Waals surface area contributed by atoms with E-state index in [1.165, 1.54) is 25.7 Å². The molecule has 3 fully saturated rings. The minimum atomic E-state index is -0.875. The summed E-state index contributed by atoms with van der Waals surface area (Å²) in [5.74, 6) is 3.43. The summed E-state index contributed by atoms with van der Waals surface area (Å²) in [6, 6.07) is 2.39. The van der Waals surface area contributed by atoms with Crippen LogP contribution < -0.4 is 16.0 Å². The predicted molar refractivity (Wildman–Crippen MR) is 110 cm³/mol. The Morgan fingerprint density at radius 1 is 1.29 bits per heavy atom. The molecule has 0 unspecified atom stereocenters. The van der Waals surface area contributed by atoms with Crippen molar-refractivity contribution in [1.29, 1.82) is 0 Å². The van der Waals surface area contributed by atoms with Crippen molar-refractivity contribution in [3.8, 4) is 0 Å². The van der Waals surface area contributed by atoms with Gasteiger partial charge in [-0.1, -0.05) is 6.42 Å². The summed E-state index contributed by atoms with van der Waals surface area (Å²) in [5, 5.41) is 13.3. The van der Waals surface area contributed by atoms with Gasteiger partial charge in [0.05, 0.1) is 6.04 Å². The number of aromatic nitrogens is 2. The molecule has 8 nitrogen and oxygen atoms in total. The van der Waals surface area contributed by atoms with Crippen LogP contribution in [0.4, 0.5) is 22.4 Å². The van der Waals surface area contributed by atoms with E-state index in [-0.39, 0.29) is 12.0 Å². The first-order chi connectivity index (χ1) is 13.2. The van der Waals surface area contributed by atoms with Crippen LogP contribution >= 0.6 is 0 Å². The van der Waals surface area contributed by atoms with E-state index < -0.39 is 11.6 Å². The highest BCUT2D eigenvalue weighted by Crippen LogP contribution is 2.45. The first-order valence-electron chi connectivity index (χ1n) is 10.4. The summed E-state index contributed by atoms with van der Waals surface area (Å²) in [6.07, 6.45) is 5.12. The Hall–Kier alpha value is -2.25. The summed E-state index contributed by atoms with van der Waals surface area (Å²) in [4.78, 5) is 24.3. The van der Waals surface area contributed by atoms with Crippen molar-refractivity contribution in [2.75, 3.05) is 29.0 Å². The third-order valence-corrected chi connectivity index (χ3v) is 6.58. The monoisotopic (exact) mass is 388 g/mol. The molecular weight excluding hydrogens is 356 g/mol. The molecule has 1 aromatic heterocycles. The molecular formula is C20H32N6O2. The molecule has 8 heteroatoms. The minimum absolute atomic E-state index is 0.0596. The molecule has 1 amide bonds. The number of carbonyl (C=O) groups is 1. The summed E-state index contributed by atoms with van der Waals surface area (Å²) < 4.78 is 0. The van der Waals surface area contributed by atoms with Gasteiger partial charge < -0.3 is 21.1 Å². The van der Waals surface area contributed by atoms with Gasteiger partial charge in [0.2, 0.25) is 5.95 Å². The van der Waals surface area contributed by atoms with Gasteiger partial charge >= 0.3 is 6.09 Å². The van der Waals surface area contributed by atoms with Crippen molar-refractivity contribution in [2.24, 2.45) is 11.8 Å². The number of fused-ring (bicyclic) bond motifs is 2. The smallest absolute Gasteiger partial charge is 0.408 e. The topological polar surface area (TPSA) is 108 Å². The van der Waals surface area contributed by atoms with Crippen LogP contribution in [0.1, 0.15) is 52.9 Å². The van der Waals surface area contributed by atoms with Crippen molar-refractivity contribution < 1.29 is 9.90 Å². The van der Waals surface area contributed by atoms with E-state index >= 15 is 0 Å². The number of rotatable bonds is 4.